The molecule has 1 fully saturated rings. The van der Waals surface area contributed by atoms with E-state index < -0.39 is 17.2 Å². The third kappa shape index (κ3) is 5.80. The van der Waals surface area contributed by atoms with E-state index in [1.165, 1.54) is 5.56 Å². The Bertz CT molecular complexity index is 537. The molecule has 0 spiro atoms. The van der Waals surface area contributed by atoms with Gasteiger partial charge in [-0.25, -0.2) is 4.79 Å². The van der Waals surface area contributed by atoms with Gasteiger partial charge in [0.2, 0.25) is 0 Å². The molecule has 0 saturated carbocycles. The minimum absolute atomic E-state index is 0.0810. The van der Waals surface area contributed by atoms with Crippen molar-refractivity contribution in [2.24, 2.45) is 0 Å². The normalized spacial score (nSPS) is 19.8. The van der Waals surface area contributed by atoms with Gasteiger partial charge < -0.3 is 14.8 Å². The molecule has 0 aromatic heterocycles. The second-order valence-corrected chi connectivity index (χ2v) is 7.93. The molecule has 1 atom stereocenters. The summed E-state index contributed by atoms with van der Waals surface area (Å²) in [5.74, 6) is 0. The number of alkyl carbamates (subject to hydrolysis) is 1. The molecule has 0 aliphatic carbocycles. The molecule has 1 N–H and O–H groups in total. The van der Waals surface area contributed by atoms with Gasteiger partial charge in [0.25, 0.3) is 0 Å². The van der Waals surface area contributed by atoms with Gasteiger partial charge in [0, 0.05) is 19.6 Å². The standard InChI is InChI=1S/C19H30N2O3/c1-18(2,3)24-17(22)20-19(4,5)16-14-21(11-12-23-16)13-15-9-7-6-8-10-15/h6-10,16H,11-14H2,1-5H3,(H,20,22). The second-order valence-electron chi connectivity index (χ2n) is 7.93. The van der Waals surface area contributed by atoms with Crippen LogP contribution < -0.4 is 5.32 Å². The zero-order valence-electron chi connectivity index (χ0n) is 15.5. The third-order valence-corrected chi connectivity index (χ3v) is 4.03. The monoisotopic (exact) mass is 334 g/mol. The van der Waals surface area contributed by atoms with Crippen LogP contribution in [0.2, 0.25) is 0 Å². The summed E-state index contributed by atoms with van der Waals surface area (Å²) in [6, 6.07) is 10.4. The van der Waals surface area contributed by atoms with Crippen LogP contribution in [0.15, 0.2) is 30.3 Å². The second kappa shape index (κ2) is 7.53. The van der Waals surface area contributed by atoms with Gasteiger partial charge in [-0.15, -0.1) is 0 Å². The average molecular weight is 334 g/mol. The Labute approximate surface area is 145 Å². The molecule has 1 aromatic rings. The number of ether oxygens (including phenoxy) is 2. The quantitative estimate of drug-likeness (QED) is 0.919. The summed E-state index contributed by atoms with van der Waals surface area (Å²) >= 11 is 0. The fourth-order valence-electron chi connectivity index (χ4n) is 2.77. The molecular weight excluding hydrogens is 304 g/mol. The Morgan fingerprint density at radius 3 is 2.54 bits per heavy atom. The number of rotatable bonds is 4. The molecule has 0 bridgehead atoms. The number of benzene rings is 1. The van der Waals surface area contributed by atoms with Crippen LogP contribution in [0, 0.1) is 0 Å². The lowest BCUT2D eigenvalue weighted by atomic mass is 9.95. The molecular formula is C19H30N2O3. The lowest BCUT2D eigenvalue weighted by Gasteiger charge is -2.41. The molecule has 5 nitrogen and oxygen atoms in total. The van der Waals surface area contributed by atoms with Crippen molar-refractivity contribution in [1.29, 1.82) is 0 Å². The number of carbonyl (C=O) groups excluding carboxylic acids is 1. The molecule has 1 aromatic carbocycles. The average Bonchev–Trinajstić information content (AvgIpc) is 2.46. The van der Waals surface area contributed by atoms with Gasteiger partial charge in [0.05, 0.1) is 18.2 Å². The van der Waals surface area contributed by atoms with Gasteiger partial charge in [-0.2, -0.15) is 0 Å². The highest BCUT2D eigenvalue weighted by molar-refractivity contribution is 5.68. The first-order valence-corrected chi connectivity index (χ1v) is 8.55. The van der Waals surface area contributed by atoms with E-state index in [2.05, 4.69) is 34.5 Å². The molecule has 1 unspecified atom stereocenters. The van der Waals surface area contributed by atoms with Crippen molar-refractivity contribution in [1.82, 2.24) is 10.2 Å². The van der Waals surface area contributed by atoms with Crippen LogP contribution in [0.4, 0.5) is 4.79 Å². The molecule has 24 heavy (non-hydrogen) atoms. The van der Waals surface area contributed by atoms with Crippen LogP contribution >= 0.6 is 0 Å². The zero-order valence-corrected chi connectivity index (χ0v) is 15.5. The van der Waals surface area contributed by atoms with E-state index in [4.69, 9.17) is 9.47 Å². The number of nitrogens with zero attached hydrogens (tertiary/aromatic N) is 1. The van der Waals surface area contributed by atoms with Crippen LogP contribution in [-0.2, 0) is 16.0 Å². The molecule has 1 aliphatic heterocycles. The van der Waals surface area contributed by atoms with Crippen molar-refractivity contribution in [3.05, 3.63) is 35.9 Å². The van der Waals surface area contributed by atoms with Gasteiger partial charge in [-0.3, -0.25) is 4.90 Å². The summed E-state index contributed by atoms with van der Waals surface area (Å²) in [5.41, 5.74) is 0.279. The summed E-state index contributed by atoms with van der Waals surface area (Å²) in [6.07, 6.45) is -0.487. The zero-order chi connectivity index (χ0) is 17.8. The molecule has 1 amide bonds. The minimum atomic E-state index is -0.507. The Morgan fingerprint density at radius 1 is 1.25 bits per heavy atom. The van der Waals surface area contributed by atoms with E-state index >= 15 is 0 Å². The van der Waals surface area contributed by atoms with Crippen LogP contribution in [0.25, 0.3) is 0 Å². The fraction of sp³-hybridized carbons (Fsp3) is 0.632. The number of amides is 1. The molecule has 1 heterocycles. The number of morpholine rings is 1. The van der Waals surface area contributed by atoms with Crippen LogP contribution in [0.3, 0.4) is 0 Å². The van der Waals surface area contributed by atoms with E-state index in [0.717, 1.165) is 19.6 Å². The van der Waals surface area contributed by atoms with Gasteiger partial charge in [0.1, 0.15) is 5.60 Å². The van der Waals surface area contributed by atoms with Crippen LogP contribution in [0.5, 0.6) is 0 Å². The van der Waals surface area contributed by atoms with Crippen LogP contribution in [-0.4, -0.2) is 47.9 Å². The predicted molar refractivity (Wildman–Crippen MR) is 94.9 cm³/mol. The first-order chi connectivity index (χ1) is 11.2. The van der Waals surface area contributed by atoms with E-state index in [9.17, 15) is 4.79 Å². The Kier molecular flexibility index (Phi) is 5.88. The molecule has 2 rings (SSSR count). The topological polar surface area (TPSA) is 50.8 Å². The maximum atomic E-state index is 12.1. The largest absolute Gasteiger partial charge is 0.444 e. The first kappa shape index (κ1) is 18.7. The highest BCUT2D eigenvalue weighted by Gasteiger charge is 2.36. The Morgan fingerprint density at radius 2 is 1.92 bits per heavy atom. The highest BCUT2D eigenvalue weighted by atomic mass is 16.6. The molecule has 1 aliphatic rings. The predicted octanol–water partition coefficient (Wildman–Crippen LogP) is 3.19. The Balaban J connectivity index is 1.93. The number of hydrogen-bond donors (Lipinski definition) is 1. The number of nitrogens with one attached hydrogen (secondary N) is 1. The SMILES string of the molecule is CC(C)(C)OC(=O)NC(C)(C)C1CN(Cc2ccccc2)CCO1. The fourth-order valence-corrected chi connectivity index (χ4v) is 2.77. The number of carbonyl (C=O) groups is 1. The maximum absolute atomic E-state index is 12.1. The van der Waals surface area contributed by atoms with E-state index in [-0.39, 0.29) is 6.10 Å². The van der Waals surface area contributed by atoms with Crippen molar-refractivity contribution in [2.75, 3.05) is 19.7 Å². The van der Waals surface area contributed by atoms with Crippen molar-refractivity contribution < 1.29 is 14.3 Å². The number of hydrogen-bond acceptors (Lipinski definition) is 4. The summed E-state index contributed by atoms with van der Waals surface area (Å²) in [6.45, 7) is 12.8. The van der Waals surface area contributed by atoms with E-state index in [1.54, 1.807) is 0 Å². The molecule has 0 radical (unpaired) electrons. The summed E-state index contributed by atoms with van der Waals surface area (Å²) in [4.78, 5) is 14.5. The molecule has 134 valence electrons. The summed E-state index contributed by atoms with van der Waals surface area (Å²) in [5, 5.41) is 2.95. The molecule has 5 heteroatoms. The van der Waals surface area contributed by atoms with Gasteiger partial charge in [-0.1, -0.05) is 30.3 Å². The van der Waals surface area contributed by atoms with Crippen molar-refractivity contribution in [2.45, 2.75) is 58.4 Å². The van der Waals surface area contributed by atoms with Gasteiger partial charge >= 0.3 is 6.09 Å². The lowest BCUT2D eigenvalue weighted by molar-refractivity contribution is -0.0707. The Hall–Kier alpha value is -1.59. The maximum Gasteiger partial charge on any atom is 0.408 e. The summed E-state index contributed by atoms with van der Waals surface area (Å²) < 4.78 is 11.3. The summed E-state index contributed by atoms with van der Waals surface area (Å²) in [7, 11) is 0. The van der Waals surface area contributed by atoms with Crippen molar-refractivity contribution in [3.8, 4) is 0 Å². The van der Waals surface area contributed by atoms with Crippen molar-refractivity contribution in [3.63, 3.8) is 0 Å². The third-order valence-electron chi connectivity index (χ3n) is 4.03. The lowest BCUT2D eigenvalue weighted by Crippen LogP contribution is -2.59. The van der Waals surface area contributed by atoms with Gasteiger partial charge in [-0.05, 0) is 40.2 Å². The highest BCUT2D eigenvalue weighted by Crippen LogP contribution is 2.20. The van der Waals surface area contributed by atoms with Crippen LogP contribution in [0.1, 0.15) is 40.2 Å². The van der Waals surface area contributed by atoms with Crippen molar-refractivity contribution >= 4 is 6.09 Å². The molecule has 1 saturated heterocycles. The minimum Gasteiger partial charge on any atom is -0.444 e. The van der Waals surface area contributed by atoms with E-state index in [1.807, 2.05) is 40.7 Å². The van der Waals surface area contributed by atoms with E-state index in [0.29, 0.717) is 6.61 Å². The smallest absolute Gasteiger partial charge is 0.408 e. The first-order valence-electron chi connectivity index (χ1n) is 8.55. The van der Waals surface area contributed by atoms with Gasteiger partial charge in [0.15, 0.2) is 0 Å².